The summed E-state index contributed by atoms with van der Waals surface area (Å²) >= 11 is 0. The van der Waals surface area contributed by atoms with Gasteiger partial charge in [-0.1, -0.05) is 0 Å². The molecule has 0 spiro atoms. The molecule has 0 aliphatic heterocycles. The van der Waals surface area contributed by atoms with Crippen LogP contribution < -0.4 is 5.32 Å². The van der Waals surface area contributed by atoms with E-state index in [1.54, 1.807) is 0 Å². The maximum absolute atomic E-state index is 13.6. The van der Waals surface area contributed by atoms with Gasteiger partial charge in [0.2, 0.25) is 0 Å². The molecule has 1 aliphatic carbocycles. The highest BCUT2D eigenvalue weighted by atomic mass is 19.1. The molecule has 0 unspecified atom stereocenters. The quantitative estimate of drug-likeness (QED) is 0.795. The fourth-order valence-corrected chi connectivity index (χ4v) is 1.70. The van der Waals surface area contributed by atoms with Gasteiger partial charge >= 0.3 is 5.97 Å². The van der Waals surface area contributed by atoms with Gasteiger partial charge in [0.25, 0.3) is 5.91 Å². The Bertz CT molecular complexity index is 514. The fourth-order valence-electron chi connectivity index (χ4n) is 1.70. The molecule has 6 heteroatoms. The number of benzene rings is 1. The van der Waals surface area contributed by atoms with Gasteiger partial charge in [0.05, 0.1) is 6.61 Å². The van der Waals surface area contributed by atoms with E-state index < -0.39 is 24.2 Å². The molecular formula is C14H16FNO4. The van der Waals surface area contributed by atoms with E-state index >= 15 is 0 Å². The summed E-state index contributed by atoms with van der Waals surface area (Å²) in [6.07, 6.45) is 2.31. The highest BCUT2D eigenvalue weighted by Gasteiger charge is 2.21. The summed E-state index contributed by atoms with van der Waals surface area (Å²) < 4.78 is 19.0. The Labute approximate surface area is 115 Å². The molecule has 1 amide bonds. The monoisotopic (exact) mass is 281 g/mol. The minimum Gasteiger partial charge on any atom is -0.480 e. The summed E-state index contributed by atoms with van der Waals surface area (Å²) in [4.78, 5) is 22.0. The maximum Gasteiger partial charge on any atom is 0.322 e. The van der Waals surface area contributed by atoms with Crippen molar-refractivity contribution in [3.8, 4) is 0 Å². The third-order valence-corrected chi connectivity index (χ3v) is 3.02. The first-order valence-electron chi connectivity index (χ1n) is 6.42. The summed E-state index contributed by atoms with van der Waals surface area (Å²) in [5, 5.41) is 10.7. The lowest BCUT2D eigenvalue weighted by Crippen LogP contribution is -2.29. The number of carbonyl (C=O) groups excluding carboxylic acids is 1. The van der Waals surface area contributed by atoms with Crippen LogP contribution in [0, 0.1) is 11.7 Å². The molecule has 0 radical (unpaired) electrons. The van der Waals surface area contributed by atoms with E-state index in [-0.39, 0.29) is 12.2 Å². The number of ether oxygens (including phenoxy) is 1. The number of rotatable bonds is 7. The van der Waals surface area contributed by atoms with Gasteiger partial charge in [-0.3, -0.25) is 9.59 Å². The largest absolute Gasteiger partial charge is 0.480 e. The van der Waals surface area contributed by atoms with E-state index in [0.29, 0.717) is 18.1 Å². The summed E-state index contributed by atoms with van der Waals surface area (Å²) in [5.41, 5.74) is 0.520. The summed E-state index contributed by atoms with van der Waals surface area (Å²) in [6, 6.07) is 3.89. The maximum atomic E-state index is 13.6. The lowest BCUT2D eigenvalue weighted by molar-refractivity contribution is -0.135. The van der Waals surface area contributed by atoms with E-state index in [1.807, 2.05) is 0 Å². The second kappa shape index (κ2) is 6.47. The number of hydrogen-bond donors (Lipinski definition) is 2. The number of amides is 1. The smallest absolute Gasteiger partial charge is 0.322 e. The van der Waals surface area contributed by atoms with Crippen LogP contribution >= 0.6 is 0 Å². The predicted octanol–water partition coefficient (Wildman–Crippen LogP) is 1.57. The second-order valence-corrected chi connectivity index (χ2v) is 4.84. The van der Waals surface area contributed by atoms with Gasteiger partial charge in [0, 0.05) is 17.7 Å². The third kappa shape index (κ3) is 4.31. The second-order valence-electron chi connectivity index (χ2n) is 4.84. The number of carbonyl (C=O) groups is 2. The normalized spacial score (nSPS) is 14.1. The average molecular weight is 281 g/mol. The van der Waals surface area contributed by atoms with E-state index in [2.05, 4.69) is 5.32 Å². The third-order valence-electron chi connectivity index (χ3n) is 3.02. The van der Waals surface area contributed by atoms with Crippen LogP contribution in [0.5, 0.6) is 0 Å². The Morgan fingerprint density at radius 2 is 2.15 bits per heavy atom. The minimum absolute atomic E-state index is 0.113. The topological polar surface area (TPSA) is 75.6 Å². The van der Waals surface area contributed by atoms with E-state index in [9.17, 15) is 14.0 Å². The molecule has 0 saturated heterocycles. The van der Waals surface area contributed by atoms with Gasteiger partial charge in [-0.15, -0.1) is 0 Å². The van der Waals surface area contributed by atoms with Crippen LogP contribution in [0.1, 0.15) is 28.8 Å². The van der Waals surface area contributed by atoms with Crippen LogP contribution in [0.4, 0.5) is 4.39 Å². The fraction of sp³-hybridized carbons (Fsp3) is 0.429. The Morgan fingerprint density at radius 3 is 2.80 bits per heavy atom. The molecular weight excluding hydrogens is 265 g/mol. The Morgan fingerprint density at radius 1 is 1.40 bits per heavy atom. The average Bonchev–Trinajstić information content (AvgIpc) is 3.22. The molecule has 20 heavy (non-hydrogen) atoms. The first-order chi connectivity index (χ1) is 9.56. The molecule has 1 aromatic carbocycles. The molecule has 1 aliphatic rings. The predicted molar refractivity (Wildman–Crippen MR) is 68.7 cm³/mol. The van der Waals surface area contributed by atoms with Crippen molar-refractivity contribution in [3.05, 3.63) is 35.1 Å². The van der Waals surface area contributed by atoms with Crippen LogP contribution in [0.3, 0.4) is 0 Å². The van der Waals surface area contributed by atoms with Gasteiger partial charge < -0.3 is 15.2 Å². The van der Waals surface area contributed by atoms with Crippen molar-refractivity contribution in [2.24, 2.45) is 5.92 Å². The zero-order valence-corrected chi connectivity index (χ0v) is 10.9. The van der Waals surface area contributed by atoms with Crippen molar-refractivity contribution in [1.29, 1.82) is 0 Å². The van der Waals surface area contributed by atoms with Crippen molar-refractivity contribution >= 4 is 11.9 Å². The molecule has 1 fully saturated rings. The van der Waals surface area contributed by atoms with Crippen LogP contribution in [-0.2, 0) is 16.1 Å². The molecule has 1 aromatic rings. The molecule has 0 aromatic heterocycles. The molecule has 1 saturated carbocycles. The summed E-state index contributed by atoms with van der Waals surface area (Å²) in [7, 11) is 0. The highest BCUT2D eigenvalue weighted by molar-refractivity contribution is 5.95. The SMILES string of the molecule is O=C(O)CNC(=O)c1ccc(F)c(COCC2CC2)c1. The number of carboxylic acid groups (broad SMARTS) is 1. The van der Waals surface area contributed by atoms with E-state index in [1.165, 1.54) is 18.2 Å². The van der Waals surface area contributed by atoms with E-state index in [4.69, 9.17) is 9.84 Å². The number of aliphatic carboxylic acids is 1. The van der Waals surface area contributed by atoms with Crippen molar-refractivity contribution in [1.82, 2.24) is 5.32 Å². The first-order valence-corrected chi connectivity index (χ1v) is 6.42. The minimum atomic E-state index is -1.13. The van der Waals surface area contributed by atoms with Crippen LogP contribution in [0.25, 0.3) is 0 Å². The van der Waals surface area contributed by atoms with Gasteiger partial charge in [0.1, 0.15) is 12.4 Å². The molecule has 2 N–H and O–H groups in total. The van der Waals surface area contributed by atoms with E-state index in [0.717, 1.165) is 12.8 Å². The zero-order valence-electron chi connectivity index (χ0n) is 10.9. The summed E-state index contributed by atoms with van der Waals surface area (Å²) in [6.45, 7) is 0.251. The Hall–Kier alpha value is -1.95. The van der Waals surface area contributed by atoms with Crippen LogP contribution in [-0.4, -0.2) is 30.1 Å². The molecule has 108 valence electrons. The Kier molecular flexibility index (Phi) is 4.68. The Balaban J connectivity index is 1.94. The zero-order chi connectivity index (χ0) is 14.5. The lowest BCUT2D eigenvalue weighted by Gasteiger charge is -2.08. The number of hydrogen-bond acceptors (Lipinski definition) is 3. The van der Waals surface area contributed by atoms with Gasteiger partial charge in [-0.25, -0.2) is 4.39 Å². The first kappa shape index (κ1) is 14.5. The highest BCUT2D eigenvalue weighted by Crippen LogP contribution is 2.29. The molecule has 0 heterocycles. The summed E-state index contributed by atoms with van der Waals surface area (Å²) in [5.74, 6) is -1.53. The molecule has 0 bridgehead atoms. The molecule has 0 atom stereocenters. The standard InChI is InChI=1S/C14H16FNO4/c15-12-4-3-10(14(19)16-6-13(17)18)5-11(12)8-20-7-9-1-2-9/h3-5,9H,1-2,6-8H2,(H,16,19)(H,17,18). The molecule has 2 rings (SSSR count). The van der Waals surface area contributed by atoms with Crippen molar-refractivity contribution in [2.75, 3.05) is 13.2 Å². The molecule has 5 nitrogen and oxygen atoms in total. The lowest BCUT2D eigenvalue weighted by atomic mass is 10.1. The van der Waals surface area contributed by atoms with Gasteiger partial charge in [-0.05, 0) is 37.0 Å². The van der Waals surface area contributed by atoms with Gasteiger partial charge in [-0.2, -0.15) is 0 Å². The number of halogens is 1. The number of nitrogens with one attached hydrogen (secondary N) is 1. The van der Waals surface area contributed by atoms with Crippen molar-refractivity contribution in [3.63, 3.8) is 0 Å². The van der Waals surface area contributed by atoms with Crippen LogP contribution in [0.15, 0.2) is 18.2 Å². The van der Waals surface area contributed by atoms with Gasteiger partial charge in [0.15, 0.2) is 0 Å². The number of carboxylic acids is 1. The van der Waals surface area contributed by atoms with Crippen molar-refractivity contribution < 1.29 is 23.8 Å². The van der Waals surface area contributed by atoms with Crippen molar-refractivity contribution in [2.45, 2.75) is 19.4 Å². The van der Waals surface area contributed by atoms with Crippen LogP contribution in [0.2, 0.25) is 0 Å².